The van der Waals surface area contributed by atoms with Crippen molar-refractivity contribution < 1.29 is 9.31 Å². The Kier molecular flexibility index (Phi) is 3.92. The van der Waals surface area contributed by atoms with Crippen molar-refractivity contribution in [2.24, 2.45) is 0 Å². The lowest BCUT2D eigenvalue weighted by Crippen LogP contribution is -1.97. The van der Waals surface area contributed by atoms with Gasteiger partial charge in [0.05, 0.1) is 15.5 Å². The van der Waals surface area contributed by atoms with Gasteiger partial charge in [0.1, 0.15) is 5.82 Å². The van der Waals surface area contributed by atoms with E-state index in [0.29, 0.717) is 11.1 Å². The molecule has 19 heavy (non-hydrogen) atoms. The molecular weight excluding hydrogens is 269 g/mol. The molecule has 0 bridgehead atoms. The molecule has 0 unspecified atom stereocenters. The quantitative estimate of drug-likeness (QED) is 0.478. The molecule has 5 heteroatoms. The molecule has 0 aliphatic rings. The Bertz CT molecular complexity index is 641. The Morgan fingerprint density at radius 1 is 1.21 bits per heavy atom. The van der Waals surface area contributed by atoms with E-state index in [2.05, 4.69) is 0 Å². The second kappa shape index (κ2) is 5.63. The predicted octanol–water partition coefficient (Wildman–Crippen LogP) is 4.25. The van der Waals surface area contributed by atoms with E-state index in [-0.39, 0.29) is 10.7 Å². The van der Waals surface area contributed by atoms with Gasteiger partial charge in [0.15, 0.2) is 0 Å². The highest BCUT2D eigenvalue weighted by atomic mass is 35.5. The van der Waals surface area contributed by atoms with Crippen LogP contribution in [0.5, 0.6) is 0 Å². The van der Waals surface area contributed by atoms with Crippen LogP contribution in [0.25, 0.3) is 11.8 Å². The smallest absolute Gasteiger partial charge is 0.258 e. The van der Waals surface area contributed by atoms with Crippen LogP contribution in [0.1, 0.15) is 11.1 Å². The minimum absolute atomic E-state index is 0.0143. The van der Waals surface area contributed by atoms with E-state index in [0.717, 1.165) is 6.07 Å². The van der Waals surface area contributed by atoms with Crippen LogP contribution in [0.4, 0.5) is 4.39 Å². The zero-order valence-corrected chi connectivity index (χ0v) is 10.5. The summed E-state index contributed by atoms with van der Waals surface area (Å²) in [6.45, 7) is 0. The van der Waals surface area contributed by atoms with Gasteiger partial charge in [-0.15, -0.1) is 0 Å². The molecule has 0 aliphatic carbocycles. The highest BCUT2D eigenvalue weighted by molar-refractivity contribution is 6.30. The lowest BCUT2D eigenvalue weighted by atomic mass is 10.1. The molecule has 0 aromatic heterocycles. The first-order valence-electron chi connectivity index (χ1n) is 5.44. The second-order valence-corrected chi connectivity index (χ2v) is 4.23. The molecule has 0 atom stereocenters. The average Bonchev–Trinajstić information content (AvgIpc) is 2.40. The molecule has 96 valence electrons. The number of rotatable bonds is 3. The van der Waals surface area contributed by atoms with Crippen molar-refractivity contribution in [1.29, 1.82) is 0 Å². The Morgan fingerprint density at radius 3 is 2.47 bits per heavy atom. The minimum Gasteiger partial charge on any atom is -0.258 e. The van der Waals surface area contributed by atoms with Crippen LogP contribution in [0, 0.1) is 15.9 Å². The van der Waals surface area contributed by atoms with Gasteiger partial charge >= 0.3 is 0 Å². The van der Waals surface area contributed by atoms with E-state index in [4.69, 9.17) is 11.6 Å². The standard InChI is InChI=1S/C14H9ClFNO2/c15-12-7-6-10(8-13(12)16)9-14(17(18)19)11-4-2-1-3-5-11/h1-9H. The van der Waals surface area contributed by atoms with Crippen molar-refractivity contribution in [2.75, 3.05) is 0 Å². The fourth-order valence-corrected chi connectivity index (χ4v) is 1.73. The Morgan fingerprint density at radius 2 is 1.89 bits per heavy atom. The van der Waals surface area contributed by atoms with Crippen LogP contribution >= 0.6 is 11.6 Å². The predicted molar refractivity (Wildman–Crippen MR) is 72.7 cm³/mol. The normalized spacial score (nSPS) is 11.4. The number of halogens is 2. The Labute approximate surface area is 114 Å². The highest BCUT2D eigenvalue weighted by Gasteiger charge is 2.13. The number of hydrogen-bond acceptors (Lipinski definition) is 2. The van der Waals surface area contributed by atoms with E-state index in [9.17, 15) is 14.5 Å². The van der Waals surface area contributed by atoms with Gasteiger partial charge in [0.25, 0.3) is 5.70 Å². The molecule has 0 heterocycles. The van der Waals surface area contributed by atoms with Crippen LogP contribution in [-0.2, 0) is 0 Å². The monoisotopic (exact) mass is 277 g/mol. The number of benzene rings is 2. The molecule has 0 saturated carbocycles. The summed E-state index contributed by atoms with van der Waals surface area (Å²) in [6, 6.07) is 12.5. The molecule has 3 nitrogen and oxygen atoms in total. The molecule has 0 saturated heterocycles. The summed E-state index contributed by atoms with van der Waals surface area (Å²) in [5, 5.41) is 11.1. The third kappa shape index (κ3) is 3.17. The molecular formula is C14H9ClFNO2. The van der Waals surface area contributed by atoms with Gasteiger partial charge in [-0.25, -0.2) is 4.39 Å². The Hall–Kier alpha value is -2.20. The summed E-state index contributed by atoms with van der Waals surface area (Å²) in [4.78, 5) is 10.6. The first kappa shape index (κ1) is 13.2. The van der Waals surface area contributed by atoms with Gasteiger partial charge in [0, 0.05) is 6.08 Å². The fourth-order valence-electron chi connectivity index (χ4n) is 1.61. The summed E-state index contributed by atoms with van der Waals surface area (Å²) in [5.74, 6) is -0.605. The molecule has 2 aromatic rings. The molecule has 0 N–H and O–H groups in total. The molecule has 0 amide bonds. The summed E-state index contributed by atoms with van der Waals surface area (Å²) < 4.78 is 13.3. The van der Waals surface area contributed by atoms with Crippen LogP contribution in [0.2, 0.25) is 5.02 Å². The van der Waals surface area contributed by atoms with E-state index >= 15 is 0 Å². The lowest BCUT2D eigenvalue weighted by molar-refractivity contribution is -0.374. The first-order valence-corrected chi connectivity index (χ1v) is 5.82. The third-order valence-corrected chi connectivity index (χ3v) is 2.82. The zero-order valence-electron chi connectivity index (χ0n) is 9.72. The SMILES string of the molecule is O=[N+]([O-])C(=Cc1ccc(Cl)c(F)c1)c1ccccc1. The van der Waals surface area contributed by atoms with Gasteiger partial charge in [0.2, 0.25) is 0 Å². The largest absolute Gasteiger partial charge is 0.277 e. The average molecular weight is 278 g/mol. The van der Waals surface area contributed by atoms with Gasteiger partial charge in [-0.1, -0.05) is 35.9 Å². The maximum absolute atomic E-state index is 13.3. The third-order valence-electron chi connectivity index (χ3n) is 2.51. The van der Waals surface area contributed by atoms with Gasteiger partial charge in [-0.3, -0.25) is 10.1 Å². The number of nitrogens with zero attached hydrogens (tertiary/aromatic N) is 1. The Balaban J connectivity index is 2.47. The highest BCUT2D eigenvalue weighted by Crippen LogP contribution is 2.21. The van der Waals surface area contributed by atoms with E-state index in [1.165, 1.54) is 18.2 Å². The van der Waals surface area contributed by atoms with Crippen molar-refractivity contribution in [3.05, 3.63) is 80.6 Å². The molecule has 0 fully saturated rings. The maximum atomic E-state index is 13.3. The van der Waals surface area contributed by atoms with E-state index in [1.807, 2.05) is 0 Å². The van der Waals surface area contributed by atoms with E-state index < -0.39 is 10.7 Å². The molecule has 0 spiro atoms. The summed E-state index contributed by atoms with van der Waals surface area (Å²) in [7, 11) is 0. The molecule has 2 rings (SSSR count). The van der Waals surface area contributed by atoms with E-state index in [1.54, 1.807) is 30.3 Å². The zero-order chi connectivity index (χ0) is 13.8. The number of hydrogen-bond donors (Lipinski definition) is 0. The van der Waals surface area contributed by atoms with Crippen molar-refractivity contribution in [3.8, 4) is 0 Å². The lowest BCUT2D eigenvalue weighted by Gasteiger charge is -2.00. The van der Waals surface area contributed by atoms with Crippen LogP contribution in [0.3, 0.4) is 0 Å². The van der Waals surface area contributed by atoms with Crippen LogP contribution in [0.15, 0.2) is 48.5 Å². The van der Waals surface area contributed by atoms with Gasteiger partial charge < -0.3 is 0 Å². The van der Waals surface area contributed by atoms with Crippen molar-refractivity contribution in [1.82, 2.24) is 0 Å². The maximum Gasteiger partial charge on any atom is 0.277 e. The van der Waals surface area contributed by atoms with Crippen molar-refractivity contribution >= 4 is 23.4 Å². The van der Waals surface area contributed by atoms with Gasteiger partial charge in [-0.2, -0.15) is 0 Å². The second-order valence-electron chi connectivity index (χ2n) is 3.83. The minimum atomic E-state index is -0.605. The van der Waals surface area contributed by atoms with Crippen LogP contribution in [-0.4, -0.2) is 4.92 Å². The topological polar surface area (TPSA) is 43.1 Å². The fraction of sp³-hybridized carbons (Fsp3) is 0. The summed E-state index contributed by atoms with van der Waals surface area (Å²) in [6.07, 6.45) is 1.31. The number of nitro groups is 1. The van der Waals surface area contributed by atoms with Crippen molar-refractivity contribution in [2.45, 2.75) is 0 Å². The summed E-state index contributed by atoms with van der Waals surface area (Å²) in [5.41, 5.74) is 0.752. The molecule has 0 radical (unpaired) electrons. The summed E-state index contributed by atoms with van der Waals surface area (Å²) >= 11 is 5.57. The van der Waals surface area contributed by atoms with Crippen molar-refractivity contribution in [3.63, 3.8) is 0 Å². The molecule has 0 aliphatic heterocycles. The van der Waals surface area contributed by atoms with Crippen LogP contribution < -0.4 is 0 Å². The molecule has 2 aromatic carbocycles. The van der Waals surface area contributed by atoms with Gasteiger partial charge in [-0.05, 0) is 29.8 Å². The first-order chi connectivity index (χ1) is 9.08.